The van der Waals surface area contributed by atoms with E-state index in [2.05, 4.69) is 9.97 Å². The molecule has 3 rings (SSSR count). The molecule has 2 heterocycles. The molecule has 0 fully saturated rings. The maximum Gasteiger partial charge on any atom is 0.337 e. The first-order valence-corrected chi connectivity index (χ1v) is 4.71. The molecule has 0 aliphatic heterocycles. The van der Waals surface area contributed by atoms with Crippen molar-refractivity contribution in [1.82, 2.24) is 14.4 Å². The maximum absolute atomic E-state index is 11.0. The Kier molecular flexibility index (Phi) is 1.67. The number of para-hydroxylation sites is 1. The zero-order chi connectivity index (χ0) is 11.1. The van der Waals surface area contributed by atoms with Gasteiger partial charge in [0.15, 0.2) is 5.65 Å². The fourth-order valence-corrected chi connectivity index (χ4v) is 1.77. The Morgan fingerprint density at radius 3 is 3.00 bits per heavy atom. The summed E-state index contributed by atoms with van der Waals surface area (Å²) in [7, 11) is 0. The van der Waals surface area contributed by atoms with E-state index in [0.717, 1.165) is 5.52 Å². The number of imidazole rings is 1. The Hall–Kier alpha value is -2.43. The quantitative estimate of drug-likeness (QED) is 0.666. The molecule has 0 spiro atoms. The number of aromatic carboxylic acids is 1. The van der Waals surface area contributed by atoms with Gasteiger partial charge in [-0.3, -0.25) is 4.40 Å². The predicted octanol–water partition coefficient (Wildman–Crippen LogP) is 1.58. The second-order valence-electron chi connectivity index (χ2n) is 3.39. The molecule has 0 unspecified atom stereocenters. The van der Waals surface area contributed by atoms with Gasteiger partial charge in [0, 0.05) is 12.4 Å². The summed E-state index contributed by atoms with van der Waals surface area (Å²) in [6, 6.07) is 5.07. The second-order valence-corrected chi connectivity index (χ2v) is 3.39. The van der Waals surface area contributed by atoms with Gasteiger partial charge in [-0.05, 0) is 12.1 Å². The summed E-state index contributed by atoms with van der Waals surface area (Å²) in [5.41, 5.74) is 2.12. The van der Waals surface area contributed by atoms with Gasteiger partial charge >= 0.3 is 5.97 Å². The normalized spacial score (nSPS) is 11.0. The third-order valence-corrected chi connectivity index (χ3v) is 2.48. The molecular formula is C11H7N3O2. The topological polar surface area (TPSA) is 67.5 Å². The van der Waals surface area contributed by atoms with Crippen LogP contribution in [0, 0.1) is 0 Å². The number of carboxylic acids is 1. The molecule has 78 valence electrons. The molecule has 0 aliphatic carbocycles. The van der Waals surface area contributed by atoms with Crippen molar-refractivity contribution >= 4 is 22.6 Å². The van der Waals surface area contributed by atoms with E-state index < -0.39 is 5.97 Å². The summed E-state index contributed by atoms with van der Waals surface area (Å²) < 4.78 is 1.81. The first-order valence-electron chi connectivity index (χ1n) is 4.71. The number of carbonyl (C=O) groups is 1. The lowest BCUT2D eigenvalue weighted by molar-refractivity contribution is 0.0699. The van der Waals surface area contributed by atoms with Crippen molar-refractivity contribution in [2.45, 2.75) is 0 Å². The van der Waals surface area contributed by atoms with E-state index >= 15 is 0 Å². The molecule has 1 N–H and O–H groups in total. The van der Waals surface area contributed by atoms with Crippen molar-refractivity contribution in [3.8, 4) is 0 Å². The zero-order valence-corrected chi connectivity index (χ0v) is 8.16. The molecule has 2 aromatic heterocycles. The van der Waals surface area contributed by atoms with Gasteiger partial charge in [0.2, 0.25) is 0 Å². The lowest BCUT2D eigenvalue weighted by Gasteiger charge is -2.03. The highest BCUT2D eigenvalue weighted by Crippen LogP contribution is 2.17. The van der Waals surface area contributed by atoms with E-state index in [0.29, 0.717) is 11.2 Å². The summed E-state index contributed by atoms with van der Waals surface area (Å²) in [4.78, 5) is 19.3. The SMILES string of the molecule is O=C(O)c1cccc2c1ncc1nccn12. The van der Waals surface area contributed by atoms with Crippen LogP contribution in [-0.2, 0) is 0 Å². The van der Waals surface area contributed by atoms with Gasteiger partial charge in [-0.25, -0.2) is 14.8 Å². The number of hydrogen-bond donors (Lipinski definition) is 1. The van der Waals surface area contributed by atoms with Crippen molar-refractivity contribution < 1.29 is 9.90 Å². The van der Waals surface area contributed by atoms with E-state index in [4.69, 9.17) is 5.11 Å². The third-order valence-electron chi connectivity index (χ3n) is 2.48. The Balaban J connectivity index is 2.53. The van der Waals surface area contributed by atoms with Crippen LogP contribution in [0.4, 0.5) is 0 Å². The number of fused-ring (bicyclic) bond motifs is 3. The van der Waals surface area contributed by atoms with Crippen LogP contribution in [0.25, 0.3) is 16.7 Å². The zero-order valence-electron chi connectivity index (χ0n) is 8.16. The fourth-order valence-electron chi connectivity index (χ4n) is 1.77. The van der Waals surface area contributed by atoms with Gasteiger partial charge in [-0.1, -0.05) is 6.07 Å². The van der Waals surface area contributed by atoms with Crippen LogP contribution >= 0.6 is 0 Å². The van der Waals surface area contributed by atoms with Gasteiger partial charge in [-0.2, -0.15) is 0 Å². The minimum atomic E-state index is -0.974. The molecule has 0 radical (unpaired) electrons. The van der Waals surface area contributed by atoms with Gasteiger partial charge in [0.1, 0.15) is 5.52 Å². The molecule has 0 atom stereocenters. The Bertz CT molecular complexity index is 703. The minimum absolute atomic E-state index is 0.202. The fraction of sp³-hybridized carbons (Fsp3) is 0. The van der Waals surface area contributed by atoms with Gasteiger partial charge in [0.05, 0.1) is 17.3 Å². The third kappa shape index (κ3) is 1.08. The second kappa shape index (κ2) is 3.03. The monoisotopic (exact) mass is 213 g/mol. The van der Waals surface area contributed by atoms with Crippen molar-refractivity contribution in [3.05, 3.63) is 42.4 Å². The lowest BCUT2D eigenvalue weighted by atomic mass is 10.2. The van der Waals surface area contributed by atoms with E-state index in [1.54, 1.807) is 30.7 Å². The van der Waals surface area contributed by atoms with Crippen LogP contribution in [0.15, 0.2) is 36.8 Å². The highest BCUT2D eigenvalue weighted by molar-refractivity contribution is 6.01. The maximum atomic E-state index is 11.0. The molecule has 1 aromatic carbocycles. The molecular weight excluding hydrogens is 206 g/mol. The van der Waals surface area contributed by atoms with Crippen LogP contribution in [-0.4, -0.2) is 25.4 Å². The highest BCUT2D eigenvalue weighted by Gasteiger charge is 2.10. The summed E-state index contributed by atoms with van der Waals surface area (Å²) in [6.07, 6.45) is 5.00. The van der Waals surface area contributed by atoms with Gasteiger partial charge in [-0.15, -0.1) is 0 Å². The average Bonchev–Trinajstić information content (AvgIpc) is 2.76. The first-order chi connectivity index (χ1) is 7.77. The molecule has 0 aliphatic rings. The van der Waals surface area contributed by atoms with Gasteiger partial charge < -0.3 is 5.11 Å². The van der Waals surface area contributed by atoms with E-state index in [-0.39, 0.29) is 5.56 Å². The summed E-state index contributed by atoms with van der Waals surface area (Å²) in [5, 5.41) is 9.04. The van der Waals surface area contributed by atoms with Crippen LogP contribution in [0.1, 0.15) is 10.4 Å². The van der Waals surface area contributed by atoms with Crippen molar-refractivity contribution in [2.24, 2.45) is 0 Å². The largest absolute Gasteiger partial charge is 0.478 e. The predicted molar refractivity (Wildman–Crippen MR) is 57.5 cm³/mol. The molecule has 0 saturated heterocycles. The Morgan fingerprint density at radius 1 is 1.31 bits per heavy atom. The molecule has 16 heavy (non-hydrogen) atoms. The van der Waals surface area contributed by atoms with Gasteiger partial charge in [0.25, 0.3) is 0 Å². The van der Waals surface area contributed by atoms with Crippen molar-refractivity contribution in [2.75, 3.05) is 0 Å². The minimum Gasteiger partial charge on any atom is -0.478 e. The van der Waals surface area contributed by atoms with Crippen LogP contribution in [0.3, 0.4) is 0 Å². The summed E-state index contributed by atoms with van der Waals surface area (Å²) >= 11 is 0. The van der Waals surface area contributed by atoms with E-state index in [1.165, 1.54) is 0 Å². The Morgan fingerprint density at radius 2 is 2.19 bits per heavy atom. The number of rotatable bonds is 1. The standard InChI is InChI=1S/C11H7N3O2/c15-11(16)7-2-1-3-8-10(7)13-6-9-12-4-5-14(8)9/h1-6H,(H,15,16). The first kappa shape index (κ1) is 8.84. The molecule has 5 heteroatoms. The van der Waals surface area contributed by atoms with Crippen molar-refractivity contribution in [3.63, 3.8) is 0 Å². The van der Waals surface area contributed by atoms with Crippen LogP contribution < -0.4 is 0 Å². The number of carboxylic acid groups (broad SMARTS) is 1. The molecule has 5 nitrogen and oxygen atoms in total. The summed E-state index contributed by atoms with van der Waals surface area (Å²) in [5.74, 6) is -0.974. The van der Waals surface area contributed by atoms with Crippen LogP contribution in [0.5, 0.6) is 0 Å². The number of aromatic nitrogens is 3. The van der Waals surface area contributed by atoms with E-state index in [9.17, 15) is 4.79 Å². The van der Waals surface area contributed by atoms with Crippen molar-refractivity contribution in [1.29, 1.82) is 0 Å². The lowest BCUT2D eigenvalue weighted by Crippen LogP contribution is -2.00. The summed E-state index contributed by atoms with van der Waals surface area (Å²) in [6.45, 7) is 0. The molecule has 0 amide bonds. The molecule has 0 saturated carbocycles. The average molecular weight is 213 g/mol. The Labute approximate surface area is 90.0 Å². The van der Waals surface area contributed by atoms with Crippen LogP contribution in [0.2, 0.25) is 0 Å². The number of benzene rings is 1. The highest BCUT2D eigenvalue weighted by atomic mass is 16.4. The molecule has 0 bridgehead atoms. The number of hydrogen-bond acceptors (Lipinski definition) is 3. The molecule has 3 aromatic rings. The smallest absolute Gasteiger partial charge is 0.337 e. The van der Waals surface area contributed by atoms with E-state index in [1.807, 2.05) is 10.5 Å². The number of nitrogens with zero attached hydrogens (tertiary/aromatic N) is 3.